The lowest BCUT2D eigenvalue weighted by molar-refractivity contribution is -0.124. The molecule has 0 radical (unpaired) electrons. The van der Waals surface area contributed by atoms with Crippen LogP contribution in [0.2, 0.25) is 0 Å². The number of rotatable bonds is 3. The van der Waals surface area contributed by atoms with Crippen LogP contribution < -0.4 is 5.32 Å². The van der Waals surface area contributed by atoms with Crippen molar-refractivity contribution in [3.8, 4) is 6.07 Å². The van der Waals surface area contributed by atoms with Gasteiger partial charge in [0.1, 0.15) is 17.7 Å². The van der Waals surface area contributed by atoms with Crippen molar-refractivity contribution < 1.29 is 14.3 Å². The van der Waals surface area contributed by atoms with Gasteiger partial charge in [0, 0.05) is 7.05 Å². The van der Waals surface area contributed by atoms with Gasteiger partial charge in [-0.05, 0) is 40.0 Å². The van der Waals surface area contributed by atoms with Crippen LogP contribution >= 0.6 is 0 Å². The zero-order valence-corrected chi connectivity index (χ0v) is 11.9. The van der Waals surface area contributed by atoms with Gasteiger partial charge in [0.15, 0.2) is 0 Å². The lowest BCUT2D eigenvalue weighted by Gasteiger charge is -2.36. The van der Waals surface area contributed by atoms with Crippen molar-refractivity contribution >= 4 is 12.0 Å². The molecule has 2 amide bonds. The average molecular weight is 267 g/mol. The average Bonchev–Trinajstić information content (AvgIpc) is 2.21. The number of hydrogen-bond donors (Lipinski definition) is 1. The highest BCUT2D eigenvalue weighted by Crippen LogP contribution is 2.30. The SMILES string of the molecule is CN(CC(=O)NC1(C#N)CCC1)C(=O)OC(C)(C)C. The molecule has 1 saturated carbocycles. The summed E-state index contributed by atoms with van der Waals surface area (Å²) in [5.74, 6) is -0.338. The molecule has 0 saturated heterocycles. The third-order valence-corrected chi connectivity index (χ3v) is 2.89. The molecule has 1 N–H and O–H groups in total. The monoisotopic (exact) mass is 267 g/mol. The van der Waals surface area contributed by atoms with Gasteiger partial charge >= 0.3 is 6.09 Å². The largest absolute Gasteiger partial charge is 0.444 e. The summed E-state index contributed by atoms with van der Waals surface area (Å²) in [5.41, 5.74) is -1.32. The predicted octanol–water partition coefficient (Wildman–Crippen LogP) is 1.42. The number of nitriles is 1. The van der Waals surface area contributed by atoms with Gasteiger partial charge in [0.25, 0.3) is 0 Å². The topological polar surface area (TPSA) is 82.4 Å². The van der Waals surface area contributed by atoms with Crippen molar-refractivity contribution in [3.63, 3.8) is 0 Å². The smallest absolute Gasteiger partial charge is 0.410 e. The van der Waals surface area contributed by atoms with E-state index in [0.29, 0.717) is 12.8 Å². The molecule has 0 spiro atoms. The molecule has 0 aliphatic heterocycles. The number of hydrogen-bond acceptors (Lipinski definition) is 4. The minimum absolute atomic E-state index is 0.113. The van der Waals surface area contributed by atoms with Crippen LogP contribution in [0.3, 0.4) is 0 Å². The Hall–Kier alpha value is -1.77. The van der Waals surface area contributed by atoms with Gasteiger partial charge in [-0.15, -0.1) is 0 Å². The van der Waals surface area contributed by atoms with Crippen molar-refractivity contribution in [3.05, 3.63) is 0 Å². The van der Waals surface area contributed by atoms with Crippen LogP contribution in [0.5, 0.6) is 0 Å². The van der Waals surface area contributed by atoms with Crippen molar-refractivity contribution in [1.82, 2.24) is 10.2 Å². The quantitative estimate of drug-likeness (QED) is 0.838. The van der Waals surface area contributed by atoms with Crippen LogP contribution in [0.1, 0.15) is 40.0 Å². The van der Waals surface area contributed by atoms with E-state index >= 15 is 0 Å². The summed E-state index contributed by atoms with van der Waals surface area (Å²) < 4.78 is 5.14. The molecular weight excluding hydrogens is 246 g/mol. The highest BCUT2D eigenvalue weighted by Gasteiger charge is 2.38. The molecule has 0 unspecified atom stereocenters. The Morgan fingerprint density at radius 1 is 1.42 bits per heavy atom. The summed E-state index contributed by atoms with van der Waals surface area (Å²) in [6.07, 6.45) is 1.73. The van der Waals surface area contributed by atoms with Crippen LogP contribution in [-0.4, -0.2) is 41.6 Å². The van der Waals surface area contributed by atoms with E-state index in [1.54, 1.807) is 20.8 Å². The number of nitrogens with zero attached hydrogens (tertiary/aromatic N) is 2. The van der Waals surface area contributed by atoms with Gasteiger partial charge in [0.2, 0.25) is 5.91 Å². The lowest BCUT2D eigenvalue weighted by Crippen LogP contribution is -2.55. The van der Waals surface area contributed by atoms with Crippen LogP contribution in [-0.2, 0) is 9.53 Å². The maximum Gasteiger partial charge on any atom is 0.410 e. The third kappa shape index (κ3) is 4.43. The second kappa shape index (κ2) is 5.47. The van der Waals surface area contributed by atoms with Crippen molar-refractivity contribution in [2.75, 3.05) is 13.6 Å². The number of carbonyl (C=O) groups excluding carboxylic acids is 2. The first kappa shape index (κ1) is 15.3. The molecule has 1 rings (SSSR count). The zero-order chi connectivity index (χ0) is 14.7. The van der Waals surface area contributed by atoms with E-state index in [-0.39, 0.29) is 12.5 Å². The van der Waals surface area contributed by atoms with Crippen LogP contribution in [0, 0.1) is 11.3 Å². The minimum atomic E-state index is -0.730. The maximum atomic E-state index is 11.8. The number of ether oxygens (including phenoxy) is 1. The van der Waals surface area contributed by atoms with E-state index in [1.807, 2.05) is 0 Å². The predicted molar refractivity (Wildman–Crippen MR) is 69.2 cm³/mol. The van der Waals surface area contributed by atoms with Crippen LogP contribution in [0.25, 0.3) is 0 Å². The van der Waals surface area contributed by atoms with E-state index in [2.05, 4.69) is 11.4 Å². The Balaban J connectivity index is 2.44. The minimum Gasteiger partial charge on any atom is -0.444 e. The molecule has 1 aliphatic rings. The fourth-order valence-electron chi connectivity index (χ4n) is 1.72. The van der Waals surface area contributed by atoms with Gasteiger partial charge in [0.05, 0.1) is 6.07 Å². The van der Waals surface area contributed by atoms with Gasteiger partial charge in [-0.3, -0.25) is 4.79 Å². The Morgan fingerprint density at radius 2 is 2.00 bits per heavy atom. The second-order valence-electron chi connectivity index (χ2n) is 5.93. The Labute approximate surface area is 113 Å². The molecule has 0 heterocycles. The number of nitrogens with one attached hydrogen (secondary N) is 1. The van der Waals surface area contributed by atoms with E-state index in [9.17, 15) is 9.59 Å². The van der Waals surface area contributed by atoms with Gasteiger partial charge < -0.3 is 15.0 Å². The summed E-state index contributed by atoms with van der Waals surface area (Å²) in [4.78, 5) is 24.6. The van der Waals surface area contributed by atoms with E-state index in [0.717, 1.165) is 6.42 Å². The van der Waals surface area contributed by atoms with E-state index in [4.69, 9.17) is 10.00 Å². The first-order valence-electron chi connectivity index (χ1n) is 6.34. The first-order valence-corrected chi connectivity index (χ1v) is 6.34. The first-order chi connectivity index (χ1) is 8.67. The summed E-state index contributed by atoms with van der Waals surface area (Å²) in [7, 11) is 1.49. The van der Waals surface area contributed by atoms with Gasteiger partial charge in [-0.2, -0.15) is 5.26 Å². The summed E-state index contributed by atoms with van der Waals surface area (Å²) >= 11 is 0. The summed E-state index contributed by atoms with van der Waals surface area (Å²) in [6.45, 7) is 5.17. The van der Waals surface area contributed by atoms with Gasteiger partial charge in [-0.1, -0.05) is 0 Å². The molecule has 19 heavy (non-hydrogen) atoms. The summed E-state index contributed by atoms with van der Waals surface area (Å²) in [6, 6.07) is 2.12. The highest BCUT2D eigenvalue weighted by atomic mass is 16.6. The Kier molecular flexibility index (Phi) is 4.40. The molecule has 0 aromatic rings. The van der Waals surface area contributed by atoms with Gasteiger partial charge in [-0.25, -0.2) is 4.79 Å². The fraction of sp³-hybridized carbons (Fsp3) is 0.769. The number of amides is 2. The molecule has 0 atom stereocenters. The van der Waals surface area contributed by atoms with Crippen molar-refractivity contribution in [1.29, 1.82) is 5.26 Å². The normalized spacial score (nSPS) is 16.8. The zero-order valence-electron chi connectivity index (χ0n) is 11.9. The molecule has 0 aromatic heterocycles. The molecule has 6 nitrogen and oxygen atoms in total. The molecule has 0 aromatic carbocycles. The molecule has 1 aliphatic carbocycles. The highest BCUT2D eigenvalue weighted by molar-refractivity contribution is 5.83. The Morgan fingerprint density at radius 3 is 2.37 bits per heavy atom. The number of carbonyl (C=O) groups is 2. The fourth-order valence-corrected chi connectivity index (χ4v) is 1.72. The van der Waals surface area contributed by atoms with Crippen molar-refractivity contribution in [2.45, 2.75) is 51.2 Å². The molecule has 0 bridgehead atoms. The third-order valence-electron chi connectivity index (χ3n) is 2.89. The number of likely N-dealkylation sites (N-methyl/N-ethyl adjacent to an activating group) is 1. The molecule has 1 fully saturated rings. The molecular formula is C13H21N3O3. The Bertz CT molecular complexity index is 402. The lowest BCUT2D eigenvalue weighted by atomic mass is 9.78. The van der Waals surface area contributed by atoms with Crippen LogP contribution in [0.15, 0.2) is 0 Å². The van der Waals surface area contributed by atoms with E-state index in [1.165, 1.54) is 11.9 Å². The summed E-state index contributed by atoms with van der Waals surface area (Å²) in [5, 5.41) is 11.7. The molecule has 106 valence electrons. The standard InChI is InChI=1S/C13H21N3O3/c1-12(2,3)19-11(18)16(4)8-10(17)15-13(9-14)6-5-7-13/h5-8H2,1-4H3,(H,15,17). The van der Waals surface area contributed by atoms with Crippen molar-refractivity contribution in [2.24, 2.45) is 0 Å². The van der Waals surface area contributed by atoms with E-state index < -0.39 is 17.2 Å². The molecule has 6 heteroatoms. The maximum absolute atomic E-state index is 11.8. The van der Waals surface area contributed by atoms with Crippen LogP contribution in [0.4, 0.5) is 4.79 Å². The second-order valence-corrected chi connectivity index (χ2v) is 5.93.